The molecule has 1 amide bonds. The molecule has 0 bridgehead atoms. The Balaban J connectivity index is 1.67. The molecule has 6 nitrogen and oxygen atoms in total. The van der Waals surface area contributed by atoms with E-state index in [9.17, 15) is 14.7 Å². The molecule has 2 heterocycles. The molecule has 154 valence electrons. The Kier molecular flexibility index (Phi) is 6.20. The number of carbonyl (C=O) groups excluding carboxylic acids is 1. The summed E-state index contributed by atoms with van der Waals surface area (Å²) in [6.07, 6.45) is 3.28. The average molecular weight is 396 g/mol. The minimum Gasteiger partial charge on any atom is -0.478 e. The van der Waals surface area contributed by atoms with Gasteiger partial charge in [-0.2, -0.15) is 0 Å². The summed E-state index contributed by atoms with van der Waals surface area (Å²) in [6, 6.07) is 12.7. The summed E-state index contributed by atoms with van der Waals surface area (Å²) in [4.78, 5) is 30.2. The number of pyridine rings is 1. The number of rotatable bonds is 5. The third-order valence-electron chi connectivity index (χ3n) is 4.95. The third-order valence-corrected chi connectivity index (χ3v) is 4.95. The fourth-order valence-corrected chi connectivity index (χ4v) is 3.60. The van der Waals surface area contributed by atoms with Gasteiger partial charge in [-0.25, -0.2) is 9.59 Å². The summed E-state index contributed by atoms with van der Waals surface area (Å²) >= 11 is 0. The second kappa shape index (κ2) is 8.64. The molecule has 3 rings (SSSR count). The molecule has 1 aliphatic heterocycles. The van der Waals surface area contributed by atoms with E-state index < -0.39 is 11.6 Å². The molecule has 1 aromatic heterocycles. The quantitative estimate of drug-likeness (QED) is 0.787. The number of carboxylic acid groups (broad SMARTS) is 1. The van der Waals surface area contributed by atoms with Crippen LogP contribution in [0.5, 0.6) is 0 Å². The highest BCUT2D eigenvalue weighted by Crippen LogP contribution is 2.25. The van der Waals surface area contributed by atoms with E-state index in [1.165, 1.54) is 0 Å². The van der Waals surface area contributed by atoms with E-state index in [4.69, 9.17) is 9.72 Å². The Morgan fingerprint density at radius 1 is 1.21 bits per heavy atom. The van der Waals surface area contributed by atoms with Crippen LogP contribution in [0.3, 0.4) is 0 Å². The summed E-state index contributed by atoms with van der Waals surface area (Å²) in [5.74, 6) is -0.952. The second-order valence-corrected chi connectivity index (χ2v) is 8.41. The van der Waals surface area contributed by atoms with Crippen LogP contribution in [0.15, 0.2) is 42.5 Å². The van der Waals surface area contributed by atoms with Crippen molar-refractivity contribution in [1.82, 2.24) is 9.88 Å². The lowest BCUT2D eigenvalue weighted by atomic mass is 10.0. The second-order valence-electron chi connectivity index (χ2n) is 8.41. The van der Waals surface area contributed by atoms with Gasteiger partial charge in [0.1, 0.15) is 5.60 Å². The number of benzene rings is 1. The van der Waals surface area contributed by atoms with Crippen molar-refractivity contribution in [2.24, 2.45) is 0 Å². The summed E-state index contributed by atoms with van der Waals surface area (Å²) in [5.41, 5.74) is 2.21. The Labute approximate surface area is 171 Å². The molecule has 1 atom stereocenters. The zero-order valence-electron chi connectivity index (χ0n) is 17.2. The maximum Gasteiger partial charge on any atom is 0.410 e. The van der Waals surface area contributed by atoms with Gasteiger partial charge in [-0.3, -0.25) is 4.98 Å². The molecule has 6 heteroatoms. The first-order chi connectivity index (χ1) is 13.7. The van der Waals surface area contributed by atoms with Gasteiger partial charge >= 0.3 is 12.1 Å². The number of aryl methyl sites for hydroxylation is 1. The van der Waals surface area contributed by atoms with Gasteiger partial charge in [0, 0.05) is 23.8 Å². The first-order valence-corrected chi connectivity index (χ1v) is 10.0. The minimum atomic E-state index is -0.952. The fraction of sp³-hybridized carbons (Fsp3) is 0.435. The zero-order valence-corrected chi connectivity index (χ0v) is 17.2. The number of carbonyl (C=O) groups is 2. The van der Waals surface area contributed by atoms with Gasteiger partial charge in [0.2, 0.25) is 0 Å². The maximum absolute atomic E-state index is 12.4. The van der Waals surface area contributed by atoms with Crippen LogP contribution in [0.2, 0.25) is 0 Å². The van der Waals surface area contributed by atoms with Gasteiger partial charge in [0.05, 0.1) is 11.3 Å². The van der Waals surface area contributed by atoms with Crippen LogP contribution in [0.4, 0.5) is 4.79 Å². The summed E-state index contributed by atoms with van der Waals surface area (Å²) in [6.45, 7) is 6.37. The largest absolute Gasteiger partial charge is 0.478 e. The molecule has 0 saturated carbocycles. The first kappa shape index (κ1) is 20.8. The maximum atomic E-state index is 12.4. The molecule has 1 aromatic carbocycles. The van der Waals surface area contributed by atoms with Crippen molar-refractivity contribution in [2.75, 3.05) is 6.54 Å². The van der Waals surface area contributed by atoms with Crippen LogP contribution >= 0.6 is 0 Å². The van der Waals surface area contributed by atoms with Crippen LogP contribution in [0.1, 0.15) is 56.1 Å². The molecular weight excluding hydrogens is 368 g/mol. The number of ether oxygens (including phenoxy) is 1. The number of hydrogen-bond acceptors (Lipinski definition) is 4. The molecule has 2 aromatic rings. The molecule has 1 saturated heterocycles. The highest BCUT2D eigenvalue weighted by molar-refractivity contribution is 5.89. The molecule has 0 spiro atoms. The molecule has 1 unspecified atom stereocenters. The van der Waals surface area contributed by atoms with Crippen molar-refractivity contribution in [3.8, 4) is 11.3 Å². The van der Waals surface area contributed by atoms with Crippen LogP contribution in [-0.4, -0.2) is 45.2 Å². The standard InChI is InChI=1S/C23H28N2O4/c1-23(2,3)29-22(28)25-14-6-10-19(25)13-12-18-9-5-11-20(24-18)16-7-4-8-17(15-16)21(26)27/h4-5,7-9,11,15,19H,6,10,12-14H2,1-3H3,(H,26,27). The SMILES string of the molecule is CC(C)(C)OC(=O)N1CCCC1CCc1cccc(-c2cccc(C(=O)O)c2)n1. The fourth-order valence-electron chi connectivity index (χ4n) is 3.60. The number of aromatic nitrogens is 1. The first-order valence-electron chi connectivity index (χ1n) is 10.0. The number of amides is 1. The summed E-state index contributed by atoms with van der Waals surface area (Å²) in [7, 11) is 0. The van der Waals surface area contributed by atoms with Crippen molar-refractivity contribution < 1.29 is 19.4 Å². The van der Waals surface area contributed by atoms with Gasteiger partial charge in [-0.15, -0.1) is 0 Å². The predicted octanol–water partition coefficient (Wildman–Crippen LogP) is 4.78. The Morgan fingerprint density at radius 3 is 2.69 bits per heavy atom. The van der Waals surface area contributed by atoms with E-state index in [1.807, 2.05) is 49.9 Å². The zero-order chi connectivity index (χ0) is 21.0. The van der Waals surface area contributed by atoms with Gasteiger partial charge in [0.15, 0.2) is 0 Å². The number of carboxylic acids is 1. The lowest BCUT2D eigenvalue weighted by Crippen LogP contribution is -2.40. The molecule has 1 N–H and O–H groups in total. The predicted molar refractivity (Wildman–Crippen MR) is 111 cm³/mol. The van der Waals surface area contributed by atoms with Crippen molar-refractivity contribution >= 4 is 12.1 Å². The van der Waals surface area contributed by atoms with Gasteiger partial charge in [-0.05, 0) is 70.7 Å². The lowest BCUT2D eigenvalue weighted by molar-refractivity contribution is 0.0220. The summed E-state index contributed by atoms with van der Waals surface area (Å²) in [5, 5.41) is 9.19. The van der Waals surface area contributed by atoms with Crippen molar-refractivity contribution in [1.29, 1.82) is 0 Å². The topological polar surface area (TPSA) is 79.7 Å². The molecule has 1 aliphatic rings. The van der Waals surface area contributed by atoms with Crippen molar-refractivity contribution in [3.05, 3.63) is 53.7 Å². The molecule has 1 fully saturated rings. The van der Waals surface area contributed by atoms with Crippen molar-refractivity contribution in [3.63, 3.8) is 0 Å². The van der Waals surface area contributed by atoms with E-state index in [0.29, 0.717) is 0 Å². The van der Waals surface area contributed by atoms with E-state index in [2.05, 4.69) is 0 Å². The number of likely N-dealkylation sites (tertiary alicyclic amines) is 1. The van der Waals surface area contributed by atoms with Crippen LogP contribution in [0, 0.1) is 0 Å². The van der Waals surface area contributed by atoms with Crippen LogP contribution in [-0.2, 0) is 11.2 Å². The number of nitrogens with zero attached hydrogens (tertiary/aromatic N) is 2. The van der Waals surface area contributed by atoms with E-state index >= 15 is 0 Å². The monoisotopic (exact) mass is 396 g/mol. The Morgan fingerprint density at radius 2 is 1.97 bits per heavy atom. The minimum absolute atomic E-state index is 0.158. The van der Waals surface area contributed by atoms with Crippen LogP contribution in [0.25, 0.3) is 11.3 Å². The normalized spacial score (nSPS) is 16.7. The highest BCUT2D eigenvalue weighted by atomic mass is 16.6. The van der Waals surface area contributed by atoms with E-state index in [0.717, 1.165) is 49.2 Å². The number of hydrogen-bond donors (Lipinski definition) is 1. The highest BCUT2D eigenvalue weighted by Gasteiger charge is 2.31. The molecule has 0 radical (unpaired) electrons. The van der Waals surface area contributed by atoms with E-state index in [-0.39, 0.29) is 17.7 Å². The van der Waals surface area contributed by atoms with Crippen LogP contribution < -0.4 is 0 Å². The summed E-state index contributed by atoms with van der Waals surface area (Å²) < 4.78 is 5.53. The van der Waals surface area contributed by atoms with Gasteiger partial charge < -0.3 is 14.7 Å². The Hall–Kier alpha value is -2.89. The van der Waals surface area contributed by atoms with Gasteiger partial charge in [0.25, 0.3) is 0 Å². The smallest absolute Gasteiger partial charge is 0.410 e. The Bertz CT molecular complexity index is 888. The third kappa shape index (κ3) is 5.56. The average Bonchev–Trinajstić information content (AvgIpc) is 3.14. The molecule has 29 heavy (non-hydrogen) atoms. The number of aromatic carboxylic acids is 1. The molecular formula is C23H28N2O4. The van der Waals surface area contributed by atoms with Gasteiger partial charge in [-0.1, -0.05) is 18.2 Å². The van der Waals surface area contributed by atoms with Crippen molar-refractivity contribution in [2.45, 2.75) is 58.1 Å². The lowest BCUT2D eigenvalue weighted by Gasteiger charge is -2.28. The van der Waals surface area contributed by atoms with E-state index in [1.54, 1.807) is 18.2 Å². The molecule has 0 aliphatic carbocycles.